The van der Waals surface area contributed by atoms with E-state index in [1.54, 1.807) is 11.3 Å². The number of rotatable bonds is 7. The molecule has 0 aliphatic carbocycles. The van der Waals surface area contributed by atoms with E-state index >= 15 is 0 Å². The van der Waals surface area contributed by atoms with E-state index in [-0.39, 0.29) is 24.0 Å². The molecule has 2 N–H and O–H groups in total. The number of hydrogen-bond donors (Lipinski definition) is 2. The predicted octanol–water partition coefficient (Wildman–Crippen LogP) is 3.93. The van der Waals surface area contributed by atoms with Crippen LogP contribution >= 0.6 is 35.3 Å². The van der Waals surface area contributed by atoms with Crippen LogP contribution in [-0.4, -0.2) is 24.0 Å². The summed E-state index contributed by atoms with van der Waals surface area (Å²) in [4.78, 5) is 10.4. The third-order valence-corrected chi connectivity index (χ3v) is 4.52. The monoisotopic (exact) mass is 458 g/mol. The molecule has 0 saturated heterocycles. The fourth-order valence-electron chi connectivity index (χ4n) is 2.37. The van der Waals surface area contributed by atoms with E-state index < -0.39 is 0 Å². The smallest absolute Gasteiger partial charge is 0.191 e. The Labute approximate surface area is 166 Å². The first-order chi connectivity index (χ1) is 11.2. The number of thiazole rings is 1. The van der Waals surface area contributed by atoms with Crippen molar-refractivity contribution in [1.82, 2.24) is 15.6 Å². The number of guanidine groups is 1. The molecule has 0 spiro atoms. The van der Waals surface area contributed by atoms with Crippen molar-refractivity contribution >= 4 is 41.3 Å². The molecule has 4 nitrogen and oxygen atoms in total. The molecule has 1 heterocycles. The summed E-state index contributed by atoms with van der Waals surface area (Å²) in [5.74, 6) is 0.867. The first-order valence-corrected chi connectivity index (χ1v) is 9.04. The number of halogens is 1. The number of aliphatic imine (C=N–C) groups is 1. The van der Waals surface area contributed by atoms with Gasteiger partial charge in [-0.25, -0.2) is 9.98 Å². The zero-order chi connectivity index (χ0) is 16.5. The summed E-state index contributed by atoms with van der Waals surface area (Å²) in [7, 11) is 0. The third kappa shape index (κ3) is 6.76. The lowest BCUT2D eigenvalue weighted by molar-refractivity contribution is 0.795. The largest absolute Gasteiger partial charge is 0.357 e. The highest BCUT2D eigenvalue weighted by Crippen LogP contribution is 2.11. The van der Waals surface area contributed by atoms with Gasteiger partial charge in [0.2, 0.25) is 0 Å². The van der Waals surface area contributed by atoms with Crippen LogP contribution in [0.4, 0.5) is 0 Å². The number of nitrogens with zero attached hydrogens (tertiary/aromatic N) is 2. The molecule has 0 amide bonds. The van der Waals surface area contributed by atoms with Gasteiger partial charge in [0.1, 0.15) is 0 Å². The Bertz CT molecular complexity index is 639. The van der Waals surface area contributed by atoms with Crippen LogP contribution < -0.4 is 10.6 Å². The van der Waals surface area contributed by atoms with Crippen molar-refractivity contribution in [3.63, 3.8) is 0 Å². The first-order valence-electron chi connectivity index (χ1n) is 8.23. The van der Waals surface area contributed by atoms with Gasteiger partial charge < -0.3 is 10.6 Å². The lowest BCUT2D eigenvalue weighted by atomic mass is 10.1. The zero-order valence-electron chi connectivity index (χ0n) is 14.6. The van der Waals surface area contributed by atoms with Crippen LogP contribution in [0.3, 0.4) is 0 Å². The fourth-order valence-corrected chi connectivity index (χ4v) is 3.15. The number of nitrogens with one attached hydrogen (secondary N) is 2. The van der Waals surface area contributed by atoms with Crippen molar-refractivity contribution < 1.29 is 0 Å². The average molecular weight is 458 g/mol. The van der Waals surface area contributed by atoms with Gasteiger partial charge in [-0.3, -0.25) is 0 Å². The molecule has 0 aliphatic heterocycles. The minimum atomic E-state index is 0. The van der Waals surface area contributed by atoms with E-state index in [0.29, 0.717) is 6.54 Å². The van der Waals surface area contributed by atoms with Crippen molar-refractivity contribution in [3.05, 3.63) is 51.5 Å². The van der Waals surface area contributed by atoms with Crippen molar-refractivity contribution in [2.45, 2.75) is 40.2 Å². The second-order valence-electron chi connectivity index (χ2n) is 5.36. The Balaban J connectivity index is 0.00000288. The van der Waals surface area contributed by atoms with Crippen LogP contribution in [0.5, 0.6) is 0 Å². The maximum absolute atomic E-state index is 4.71. The highest BCUT2D eigenvalue weighted by atomic mass is 127. The summed E-state index contributed by atoms with van der Waals surface area (Å²) in [5.41, 5.74) is 2.66. The first kappa shape index (κ1) is 20.9. The maximum atomic E-state index is 4.71. The second-order valence-corrected chi connectivity index (χ2v) is 6.68. The molecule has 6 heteroatoms. The van der Waals surface area contributed by atoms with Crippen LogP contribution in [0.15, 0.2) is 35.5 Å². The second kappa shape index (κ2) is 11.4. The summed E-state index contributed by atoms with van der Waals surface area (Å²) in [6.07, 6.45) is 3.90. The molecule has 0 fully saturated rings. The van der Waals surface area contributed by atoms with E-state index in [9.17, 15) is 0 Å². The van der Waals surface area contributed by atoms with Crippen LogP contribution in [0.1, 0.15) is 34.9 Å². The number of benzene rings is 1. The Hall–Kier alpha value is -1.15. The van der Waals surface area contributed by atoms with Gasteiger partial charge in [0.25, 0.3) is 0 Å². The van der Waals surface area contributed by atoms with E-state index in [0.717, 1.165) is 31.9 Å². The SMILES string of the molecule is CCNC(=NCc1ccccc1CC)NCCc1ncc(C)s1.I. The molecule has 132 valence electrons. The molecule has 0 aliphatic rings. The number of aryl methyl sites for hydroxylation is 2. The van der Waals surface area contributed by atoms with E-state index in [1.165, 1.54) is 21.0 Å². The molecular weight excluding hydrogens is 431 g/mol. The summed E-state index contributed by atoms with van der Waals surface area (Å²) < 4.78 is 0. The molecule has 0 bridgehead atoms. The number of hydrogen-bond acceptors (Lipinski definition) is 3. The van der Waals surface area contributed by atoms with Crippen LogP contribution in [0, 0.1) is 6.92 Å². The molecule has 2 rings (SSSR count). The Kier molecular flexibility index (Phi) is 9.94. The van der Waals surface area contributed by atoms with Crippen molar-refractivity contribution in [1.29, 1.82) is 0 Å². The van der Waals surface area contributed by atoms with Crippen molar-refractivity contribution in [2.24, 2.45) is 4.99 Å². The molecule has 1 aromatic carbocycles. The van der Waals surface area contributed by atoms with Gasteiger partial charge in [-0.15, -0.1) is 35.3 Å². The van der Waals surface area contributed by atoms with E-state index in [4.69, 9.17) is 4.99 Å². The van der Waals surface area contributed by atoms with Crippen molar-refractivity contribution in [3.8, 4) is 0 Å². The quantitative estimate of drug-likeness (QED) is 0.376. The minimum absolute atomic E-state index is 0. The lowest BCUT2D eigenvalue weighted by Gasteiger charge is -2.11. The molecule has 0 atom stereocenters. The molecular formula is C18H27IN4S. The Morgan fingerprint density at radius 1 is 1.17 bits per heavy atom. The van der Waals surface area contributed by atoms with Gasteiger partial charge in [-0.05, 0) is 31.4 Å². The fraction of sp³-hybridized carbons (Fsp3) is 0.444. The summed E-state index contributed by atoms with van der Waals surface area (Å²) >= 11 is 1.76. The highest BCUT2D eigenvalue weighted by Gasteiger charge is 2.02. The molecule has 2 aromatic rings. The summed E-state index contributed by atoms with van der Waals surface area (Å²) in [5, 5.41) is 7.86. The molecule has 0 unspecified atom stereocenters. The zero-order valence-corrected chi connectivity index (χ0v) is 17.8. The maximum Gasteiger partial charge on any atom is 0.191 e. The van der Waals surface area contributed by atoms with E-state index in [1.807, 2.05) is 6.20 Å². The molecule has 0 saturated carbocycles. The Morgan fingerprint density at radius 3 is 2.54 bits per heavy atom. The average Bonchev–Trinajstić information content (AvgIpc) is 2.98. The molecule has 24 heavy (non-hydrogen) atoms. The topological polar surface area (TPSA) is 49.3 Å². The van der Waals surface area contributed by atoms with Crippen LogP contribution in [0.25, 0.3) is 0 Å². The summed E-state index contributed by atoms with van der Waals surface area (Å²) in [6, 6.07) is 8.50. The third-order valence-electron chi connectivity index (χ3n) is 3.55. The predicted molar refractivity (Wildman–Crippen MR) is 115 cm³/mol. The van der Waals surface area contributed by atoms with Gasteiger partial charge in [0, 0.05) is 30.6 Å². The highest BCUT2D eigenvalue weighted by molar-refractivity contribution is 14.0. The van der Waals surface area contributed by atoms with Gasteiger partial charge in [0.15, 0.2) is 5.96 Å². The normalized spacial score (nSPS) is 11.0. The minimum Gasteiger partial charge on any atom is -0.357 e. The van der Waals surface area contributed by atoms with Crippen molar-refractivity contribution in [2.75, 3.05) is 13.1 Å². The lowest BCUT2D eigenvalue weighted by Crippen LogP contribution is -2.38. The van der Waals surface area contributed by atoms with Crippen LogP contribution in [0.2, 0.25) is 0 Å². The van der Waals surface area contributed by atoms with Crippen LogP contribution in [-0.2, 0) is 19.4 Å². The van der Waals surface area contributed by atoms with Gasteiger partial charge >= 0.3 is 0 Å². The van der Waals surface area contributed by atoms with E-state index in [2.05, 4.69) is 60.7 Å². The van der Waals surface area contributed by atoms with Gasteiger partial charge in [-0.1, -0.05) is 31.2 Å². The molecule has 1 aromatic heterocycles. The Morgan fingerprint density at radius 2 is 1.92 bits per heavy atom. The van der Waals surface area contributed by atoms with Gasteiger partial charge in [0.05, 0.1) is 11.6 Å². The standard InChI is InChI=1S/C18H26N4S.HI/c1-4-15-8-6-7-9-16(15)13-22-18(19-5-2)20-11-10-17-21-12-14(3)23-17;/h6-9,12H,4-5,10-11,13H2,1-3H3,(H2,19,20,22);1H. The summed E-state index contributed by atoms with van der Waals surface area (Å²) in [6.45, 7) is 8.76. The number of aromatic nitrogens is 1. The van der Waals surface area contributed by atoms with Gasteiger partial charge in [-0.2, -0.15) is 0 Å². The molecule has 0 radical (unpaired) electrons.